The van der Waals surface area contributed by atoms with E-state index in [4.69, 9.17) is 27.9 Å². The second-order valence-electron chi connectivity index (χ2n) is 2.91. The molecule has 1 heterocycles. The standard InChI is InChI=1S/C8H10Cl2O4/c1-2-13-6(11)8(10)3-5(4-9)14-7(8)12/h5H,2-4H2,1H3. The number of esters is 2. The van der Waals surface area contributed by atoms with E-state index in [0.29, 0.717) is 0 Å². The molecule has 14 heavy (non-hydrogen) atoms. The highest BCUT2D eigenvalue weighted by molar-refractivity contribution is 6.45. The number of hydrogen-bond donors (Lipinski definition) is 0. The van der Waals surface area contributed by atoms with E-state index in [0.717, 1.165) is 0 Å². The van der Waals surface area contributed by atoms with E-state index < -0.39 is 22.9 Å². The summed E-state index contributed by atoms with van der Waals surface area (Å²) in [5.74, 6) is -1.41. The molecule has 0 amide bonds. The molecule has 0 aromatic carbocycles. The number of hydrogen-bond acceptors (Lipinski definition) is 4. The van der Waals surface area contributed by atoms with Crippen LogP contribution in [0.15, 0.2) is 0 Å². The molecule has 2 atom stereocenters. The van der Waals surface area contributed by atoms with Gasteiger partial charge in [-0.15, -0.1) is 11.6 Å². The molecule has 0 aromatic heterocycles. The van der Waals surface area contributed by atoms with Crippen molar-refractivity contribution < 1.29 is 19.1 Å². The van der Waals surface area contributed by atoms with Crippen LogP contribution in [0, 0.1) is 0 Å². The molecule has 6 heteroatoms. The van der Waals surface area contributed by atoms with Crippen LogP contribution in [0.2, 0.25) is 0 Å². The summed E-state index contributed by atoms with van der Waals surface area (Å²) in [7, 11) is 0. The number of rotatable bonds is 3. The first-order valence-corrected chi connectivity index (χ1v) is 5.09. The van der Waals surface area contributed by atoms with Crippen LogP contribution < -0.4 is 0 Å². The molecule has 0 N–H and O–H groups in total. The van der Waals surface area contributed by atoms with E-state index in [-0.39, 0.29) is 18.9 Å². The minimum atomic E-state index is -1.70. The second-order valence-corrected chi connectivity index (χ2v) is 3.86. The van der Waals surface area contributed by atoms with Gasteiger partial charge in [-0.1, -0.05) is 11.6 Å². The average Bonchev–Trinajstić information content (AvgIpc) is 2.44. The lowest BCUT2D eigenvalue weighted by Gasteiger charge is -2.13. The number of halogens is 2. The molecule has 0 spiro atoms. The summed E-state index contributed by atoms with van der Waals surface area (Å²) in [4.78, 5) is 20.9. The molecule has 0 saturated carbocycles. The van der Waals surface area contributed by atoms with Gasteiger partial charge in [0.15, 0.2) is 0 Å². The highest BCUT2D eigenvalue weighted by Crippen LogP contribution is 2.33. The van der Waals surface area contributed by atoms with E-state index in [1.54, 1.807) is 6.92 Å². The lowest BCUT2D eigenvalue weighted by atomic mass is 10.1. The molecule has 1 aliphatic rings. The van der Waals surface area contributed by atoms with Crippen molar-refractivity contribution in [2.75, 3.05) is 12.5 Å². The molecular weight excluding hydrogens is 231 g/mol. The van der Waals surface area contributed by atoms with Gasteiger partial charge in [0.1, 0.15) is 6.10 Å². The van der Waals surface area contributed by atoms with Gasteiger partial charge in [-0.3, -0.25) is 0 Å². The fourth-order valence-corrected chi connectivity index (χ4v) is 1.63. The third-order valence-electron chi connectivity index (χ3n) is 1.88. The molecular formula is C8H10Cl2O4. The number of carbonyl (C=O) groups is 2. The third-order valence-corrected chi connectivity index (χ3v) is 2.68. The van der Waals surface area contributed by atoms with Crippen molar-refractivity contribution in [3.63, 3.8) is 0 Å². The molecule has 1 rings (SSSR count). The lowest BCUT2D eigenvalue weighted by Crippen LogP contribution is -2.39. The molecule has 0 radical (unpaired) electrons. The maximum absolute atomic E-state index is 11.3. The summed E-state index contributed by atoms with van der Waals surface area (Å²) in [6.45, 7) is 1.81. The van der Waals surface area contributed by atoms with Crippen LogP contribution >= 0.6 is 23.2 Å². The first kappa shape index (κ1) is 11.6. The Hall–Kier alpha value is -0.480. The van der Waals surface area contributed by atoms with Gasteiger partial charge in [-0.2, -0.15) is 0 Å². The fraction of sp³-hybridized carbons (Fsp3) is 0.750. The van der Waals surface area contributed by atoms with Crippen LogP contribution in [-0.2, 0) is 19.1 Å². The van der Waals surface area contributed by atoms with Gasteiger partial charge in [0.25, 0.3) is 0 Å². The molecule has 0 bridgehead atoms. The SMILES string of the molecule is CCOC(=O)C1(Cl)CC(CCl)OC1=O. The van der Waals surface area contributed by atoms with Gasteiger partial charge < -0.3 is 9.47 Å². The normalized spacial score (nSPS) is 31.4. The van der Waals surface area contributed by atoms with Crippen molar-refractivity contribution in [3.05, 3.63) is 0 Å². The minimum absolute atomic E-state index is 0.0652. The smallest absolute Gasteiger partial charge is 0.339 e. The number of carbonyl (C=O) groups excluding carboxylic acids is 2. The molecule has 4 nitrogen and oxygen atoms in total. The Morgan fingerprint density at radius 3 is 2.86 bits per heavy atom. The van der Waals surface area contributed by atoms with Gasteiger partial charge in [-0.25, -0.2) is 9.59 Å². The van der Waals surface area contributed by atoms with Crippen LogP contribution in [-0.4, -0.2) is 35.4 Å². The van der Waals surface area contributed by atoms with Crippen molar-refractivity contribution in [2.24, 2.45) is 0 Å². The first-order valence-electron chi connectivity index (χ1n) is 4.17. The van der Waals surface area contributed by atoms with E-state index >= 15 is 0 Å². The number of alkyl halides is 2. The quantitative estimate of drug-likeness (QED) is 0.421. The highest BCUT2D eigenvalue weighted by Gasteiger charge is 2.54. The maximum Gasteiger partial charge on any atom is 0.339 e. The molecule has 1 aliphatic heterocycles. The lowest BCUT2D eigenvalue weighted by molar-refractivity contribution is -0.154. The molecule has 2 unspecified atom stereocenters. The van der Waals surface area contributed by atoms with Crippen LogP contribution in [0.3, 0.4) is 0 Å². The van der Waals surface area contributed by atoms with E-state index in [9.17, 15) is 9.59 Å². The first-order chi connectivity index (χ1) is 6.54. The summed E-state index contributed by atoms with van der Waals surface area (Å²) in [5.41, 5.74) is 0. The van der Waals surface area contributed by atoms with E-state index in [2.05, 4.69) is 4.74 Å². The second kappa shape index (κ2) is 4.36. The fourth-order valence-electron chi connectivity index (χ4n) is 1.18. The maximum atomic E-state index is 11.3. The Morgan fingerprint density at radius 2 is 2.43 bits per heavy atom. The minimum Gasteiger partial charge on any atom is -0.464 e. The summed E-state index contributed by atoms with van der Waals surface area (Å²) >= 11 is 11.3. The Bertz CT molecular complexity index is 256. The van der Waals surface area contributed by atoms with Crippen molar-refractivity contribution in [1.29, 1.82) is 0 Å². The van der Waals surface area contributed by atoms with Gasteiger partial charge in [0, 0.05) is 6.42 Å². The monoisotopic (exact) mass is 240 g/mol. The molecule has 1 saturated heterocycles. The number of cyclic esters (lactones) is 1. The molecule has 0 aromatic rings. The molecule has 80 valence electrons. The third kappa shape index (κ3) is 1.96. The summed E-state index contributed by atoms with van der Waals surface area (Å²) < 4.78 is 9.47. The summed E-state index contributed by atoms with van der Waals surface area (Å²) in [6, 6.07) is 0. The largest absolute Gasteiger partial charge is 0.464 e. The number of ether oxygens (including phenoxy) is 2. The summed E-state index contributed by atoms with van der Waals surface area (Å²) in [6.07, 6.45) is -0.443. The van der Waals surface area contributed by atoms with Crippen LogP contribution in [0.5, 0.6) is 0 Å². The van der Waals surface area contributed by atoms with Gasteiger partial charge in [-0.05, 0) is 6.92 Å². The Labute approximate surface area is 91.4 Å². The van der Waals surface area contributed by atoms with Gasteiger partial charge >= 0.3 is 11.9 Å². The topological polar surface area (TPSA) is 52.6 Å². The Morgan fingerprint density at radius 1 is 1.79 bits per heavy atom. The predicted octanol–water partition coefficient (Wildman–Crippen LogP) is 1.08. The summed E-state index contributed by atoms with van der Waals surface area (Å²) in [5, 5.41) is 0. The van der Waals surface area contributed by atoms with E-state index in [1.165, 1.54) is 0 Å². The van der Waals surface area contributed by atoms with Crippen molar-refractivity contribution in [3.8, 4) is 0 Å². The zero-order valence-electron chi connectivity index (χ0n) is 7.59. The van der Waals surface area contributed by atoms with Gasteiger partial charge in [0.2, 0.25) is 4.87 Å². The van der Waals surface area contributed by atoms with Gasteiger partial charge in [0.05, 0.1) is 12.5 Å². The van der Waals surface area contributed by atoms with Crippen molar-refractivity contribution in [2.45, 2.75) is 24.3 Å². The Balaban J connectivity index is 2.74. The van der Waals surface area contributed by atoms with Crippen LogP contribution in [0.4, 0.5) is 0 Å². The van der Waals surface area contributed by atoms with Crippen molar-refractivity contribution >= 4 is 35.1 Å². The zero-order chi connectivity index (χ0) is 10.8. The average molecular weight is 241 g/mol. The highest BCUT2D eigenvalue weighted by atomic mass is 35.5. The zero-order valence-corrected chi connectivity index (χ0v) is 9.10. The van der Waals surface area contributed by atoms with Crippen molar-refractivity contribution in [1.82, 2.24) is 0 Å². The predicted molar refractivity (Wildman–Crippen MR) is 50.4 cm³/mol. The molecule has 1 fully saturated rings. The van der Waals surface area contributed by atoms with E-state index in [1.807, 2.05) is 0 Å². The van der Waals surface area contributed by atoms with Crippen LogP contribution in [0.1, 0.15) is 13.3 Å². The molecule has 0 aliphatic carbocycles. The Kier molecular flexibility index (Phi) is 3.61. The van der Waals surface area contributed by atoms with Crippen LogP contribution in [0.25, 0.3) is 0 Å².